The predicted octanol–water partition coefficient (Wildman–Crippen LogP) is 2.75. The zero-order valence-electron chi connectivity index (χ0n) is 10.3. The Hall–Kier alpha value is -1.58. The second-order valence-corrected chi connectivity index (χ2v) is 4.70. The van der Waals surface area contributed by atoms with Gasteiger partial charge in [0, 0.05) is 11.7 Å². The van der Waals surface area contributed by atoms with E-state index in [-0.39, 0.29) is 0 Å². The standard InChI is InChI=1S/C13H18N2O2/c1-8-7-11(15-10-5-3-4-6-10)12(13(16)17)9(2)14-8/h7,10H,3-6H2,1-2H3,(H,14,15)(H,16,17). The molecule has 2 N–H and O–H groups in total. The first-order valence-electron chi connectivity index (χ1n) is 6.06. The fraction of sp³-hybridized carbons (Fsp3) is 0.538. The van der Waals surface area contributed by atoms with Gasteiger partial charge in [-0.3, -0.25) is 4.98 Å². The van der Waals surface area contributed by atoms with Crippen LogP contribution in [-0.4, -0.2) is 22.1 Å². The topological polar surface area (TPSA) is 62.2 Å². The molecule has 1 fully saturated rings. The first-order chi connectivity index (χ1) is 8.08. The van der Waals surface area contributed by atoms with Crippen LogP contribution < -0.4 is 5.32 Å². The van der Waals surface area contributed by atoms with E-state index in [1.165, 1.54) is 12.8 Å². The lowest BCUT2D eigenvalue weighted by molar-refractivity contribution is 0.0696. The maximum absolute atomic E-state index is 11.2. The second-order valence-electron chi connectivity index (χ2n) is 4.70. The van der Waals surface area contributed by atoms with Gasteiger partial charge in [0.15, 0.2) is 0 Å². The number of hydrogen-bond donors (Lipinski definition) is 2. The summed E-state index contributed by atoms with van der Waals surface area (Å²) in [7, 11) is 0. The Morgan fingerprint density at radius 2 is 2.06 bits per heavy atom. The molecule has 0 saturated heterocycles. The van der Waals surface area contributed by atoms with Crippen LogP contribution in [0.2, 0.25) is 0 Å². The molecule has 0 bridgehead atoms. The van der Waals surface area contributed by atoms with Crippen molar-refractivity contribution < 1.29 is 9.90 Å². The van der Waals surface area contributed by atoms with E-state index < -0.39 is 5.97 Å². The van der Waals surface area contributed by atoms with E-state index in [0.29, 0.717) is 17.3 Å². The maximum Gasteiger partial charge on any atom is 0.339 e. The first kappa shape index (κ1) is 11.9. The molecule has 0 aliphatic heterocycles. The summed E-state index contributed by atoms with van der Waals surface area (Å²) in [5.74, 6) is -0.907. The van der Waals surface area contributed by atoms with E-state index in [9.17, 15) is 9.90 Å². The smallest absolute Gasteiger partial charge is 0.339 e. The number of carboxylic acids is 1. The molecular formula is C13H18N2O2. The van der Waals surface area contributed by atoms with E-state index in [4.69, 9.17) is 0 Å². The molecular weight excluding hydrogens is 216 g/mol. The van der Waals surface area contributed by atoms with Crippen LogP contribution in [0.15, 0.2) is 6.07 Å². The van der Waals surface area contributed by atoms with Gasteiger partial charge in [0.05, 0.1) is 11.4 Å². The molecule has 17 heavy (non-hydrogen) atoms. The molecule has 1 heterocycles. The minimum absolute atomic E-state index is 0.308. The fourth-order valence-electron chi connectivity index (χ4n) is 2.50. The molecule has 1 aromatic heterocycles. The van der Waals surface area contributed by atoms with Crippen molar-refractivity contribution in [3.05, 3.63) is 23.0 Å². The van der Waals surface area contributed by atoms with Crippen LogP contribution in [0.1, 0.15) is 47.4 Å². The molecule has 0 amide bonds. The van der Waals surface area contributed by atoms with Gasteiger partial charge >= 0.3 is 5.97 Å². The lowest BCUT2D eigenvalue weighted by atomic mass is 10.1. The minimum Gasteiger partial charge on any atom is -0.478 e. The highest BCUT2D eigenvalue weighted by Gasteiger charge is 2.20. The van der Waals surface area contributed by atoms with Crippen molar-refractivity contribution in [2.75, 3.05) is 5.32 Å². The Balaban J connectivity index is 2.32. The van der Waals surface area contributed by atoms with E-state index in [2.05, 4.69) is 10.3 Å². The lowest BCUT2D eigenvalue weighted by Crippen LogP contribution is -2.18. The second kappa shape index (κ2) is 4.73. The van der Waals surface area contributed by atoms with Gasteiger partial charge < -0.3 is 10.4 Å². The third-order valence-corrected chi connectivity index (χ3v) is 3.26. The number of aromatic nitrogens is 1. The van der Waals surface area contributed by atoms with Gasteiger partial charge in [0.2, 0.25) is 0 Å². The number of nitrogens with zero attached hydrogens (tertiary/aromatic N) is 1. The van der Waals surface area contributed by atoms with E-state index in [1.807, 2.05) is 13.0 Å². The van der Waals surface area contributed by atoms with Crippen LogP contribution in [0.5, 0.6) is 0 Å². The van der Waals surface area contributed by atoms with Crippen LogP contribution in [0, 0.1) is 13.8 Å². The molecule has 0 spiro atoms. The van der Waals surface area contributed by atoms with E-state index in [0.717, 1.165) is 24.2 Å². The first-order valence-corrected chi connectivity index (χ1v) is 6.06. The molecule has 4 nitrogen and oxygen atoms in total. The summed E-state index contributed by atoms with van der Waals surface area (Å²) < 4.78 is 0. The summed E-state index contributed by atoms with van der Waals surface area (Å²) >= 11 is 0. The number of carboxylic acid groups (broad SMARTS) is 1. The number of aromatic carboxylic acids is 1. The summed E-state index contributed by atoms with van der Waals surface area (Å²) in [6.45, 7) is 3.63. The Morgan fingerprint density at radius 3 is 2.65 bits per heavy atom. The van der Waals surface area contributed by atoms with Crippen molar-refractivity contribution in [1.82, 2.24) is 4.98 Å². The number of anilines is 1. The average Bonchev–Trinajstić information content (AvgIpc) is 2.68. The van der Waals surface area contributed by atoms with Crippen molar-refractivity contribution >= 4 is 11.7 Å². The van der Waals surface area contributed by atoms with Gasteiger partial charge in [0.25, 0.3) is 0 Å². The van der Waals surface area contributed by atoms with Gasteiger partial charge in [-0.05, 0) is 32.8 Å². The molecule has 0 unspecified atom stereocenters. The highest BCUT2D eigenvalue weighted by Crippen LogP contribution is 2.26. The number of hydrogen-bond acceptors (Lipinski definition) is 3. The Kier molecular flexibility index (Phi) is 3.31. The average molecular weight is 234 g/mol. The molecule has 1 aromatic rings. The largest absolute Gasteiger partial charge is 0.478 e. The number of aryl methyl sites for hydroxylation is 2. The minimum atomic E-state index is -0.907. The SMILES string of the molecule is Cc1cc(NC2CCCC2)c(C(=O)O)c(C)n1. The summed E-state index contributed by atoms with van der Waals surface area (Å²) in [4.78, 5) is 15.5. The van der Waals surface area contributed by atoms with Crippen LogP contribution in [0.3, 0.4) is 0 Å². The van der Waals surface area contributed by atoms with Crippen LogP contribution >= 0.6 is 0 Å². The van der Waals surface area contributed by atoms with Gasteiger partial charge in [-0.25, -0.2) is 4.79 Å². The summed E-state index contributed by atoms with van der Waals surface area (Å²) in [5.41, 5.74) is 2.46. The van der Waals surface area contributed by atoms with Crippen molar-refractivity contribution in [3.8, 4) is 0 Å². The normalized spacial score (nSPS) is 16.1. The fourth-order valence-corrected chi connectivity index (χ4v) is 2.50. The molecule has 92 valence electrons. The molecule has 1 saturated carbocycles. The number of nitrogens with one attached hydrogen (secondary N) is 1. The lowest BCUT2D eigenvalue weighted by Gasteiger charge is -2.17. The summed E-state index contributed by atoms with van der Waals surface area (Å²) in [5, 5.41) is 12.6. The van der Waals surface area contributed by atoms with Crippen molar-refractivity contribution in [1.29, 1.82) is 0 Å². The zero-order valence-corrected chi connectivity index (χ0v) is 10.3. The third kappa shape index (κ3) is 2.57. The zero-order chi connectivity index (χ0) is 12.4. The van der Waals surface area contributed by atoms with Crippen LogP contribution in [0.4, 0.5) is 5.69 Å². The quantitative estimate of drug-likeness (QED) is 0.844. The van der Waals surface area contributed by atoms with Crippen molar-refractivity contribution in [2.45, 2.75) is 45.6 Å². The Labute approximate surface area is 101 Å². The number of rotatable bonds is 3. The maximum atomic E-state index is 11.2. The Morgan fingerprint density at radius 1 is 1.41 bits per heavy atom. The predicted molar refractivity (Wildman–Crippen MR) is 66.5 cm³/mol. The van der Waals surface area contributed by atoms with Gasteiger partial charge in [-0.1, -0.05) is 12.8 Å². The molecule has 0 atom stereocenters. The van der Waals surface area contributed by atoms with Gasteiger partial charge in [-0.15, -0.1) is 0 Å². The van der Waals surface area contributed by atoms with Gasteiger partial charge in [0.1, 0.15) is 5.56 Å². The van der Waals surface area contributed by atoms with Gasteiger partial charge in [-0.2, -0.15) is 0 Å². The molecule has 0 radical (unpaired) electrons. The highest BCUT2D eigenvalue weighted by atomic mass is 16.4. The van der Waals surface area contributed by atoms with Crippen LogP contribution in [0.25, 0.3) is 0 Å². The van der Waals surface area contributed by atoms with E-state index >= 15 is 0 Å². The summed E-state index contributed by atoms with van der Waals surface area (Å²) in [6.07, 6.45) is 4.70. The number of pyridine rings is 1. The number of carbonyl (C=O) groups is 1. The van der Waals surface area contributed by atoms with E-state index in [1.54, 1.807) is 6.92 Å². The third-order valence-electron chi connectivity index (χ3n) is 3.26. The Bertz CT molecular complexity index is 437. The molecule has 2 rings (SSSR count). The van der Waals surface area contributed by atoms with Crippen LogP contribution in [-0.2, 0) is 0 Å². The molecule has 1 aliphatic carbocycles. The summed E-state index contributed by atoms with van der Waals surface area (Å²) in [6, 6.07) is 2.24. The molecule has 1 aliphatic rings. The molecule has 4 heteroatoms. The monoisotopic (exact) mass is 234 g/mol. The highest BCUT2D eigenvalue weighted by molar-refractivity contribution is 5.95. The van der Waals surface area contributed by atoms with Crippen molar-refractivity contribution in [3.63, 3.8) is 0 Å². The molecule has 0 aromatic carbocycles. The van der Waals surface area contributed by atoms with Crippen molar-refractivity contribution in [2.24, 2.45) is 0 Å².